The van der Waals surface area contributed by atoms with E-state index in [9.17, 15) is 0 Å². The van der Waals surface area contributed by atoms with Crippen LogP contribution in [0.2, 0.25) is 0 Å². The highest BCUT2D eigenvalue weighted by atomic mass is 79.9. The first-order valence-electron chi connectivity index (χ1n) is 4.37. The van der Waals surface area contributed by atoms with E-state index in [1.165, 1.54) is 0 Å². The van der Waals surface area contributed by atoms with Gasteiger partial charge in [-0.15, -0.1) is 0 Å². The summed E-state index contributed by atoms with van der Waals surface area (Å²) in [6.07, 6.45) is 0. The van der Waals surface area contributed by atoms with Gasteiger partial charge in [0.25, 0.3) is 0 Å². The van der Waals surface area contributed by atoms with Crippen LogP contribution in [0.1, 0.15) is 5.69 Å². The van der Waals surface area contributed by atoms with Crippen molar-refractivity contribution in [2.45, 2.75) is 6.54 Å². The molecule has 2 rings (SSSR count). The number of halogens is 1. The monoisotopic (exact) mass is 253 g/mol. The fraction of sp³-hybridized carbons (Fsp3) is 0.200. The third-order valence-electron chi connectivity index (χ3n) is 2.47. The molecule has 0 atom stereocenters. The van der Waals surface area contributed by atoms with Gasteiger partial charge in [-0.25, -0.2) is 0 Å². The van der Waals surface area contributed by atoms with Gasteiger partial charge in [-0.1, -0.05) is 0 Å². The second kappa shape index (κ2) is 3.29. The fourth-order valence-electron chi connectivity index (χ4n) is 1.70. The van der Waals surface area contributed by atoms with E-state index < -0.39 is 0 Å². The molecule has 0 aliphatic rings. The van der Waals surface area contributed by atoms with Crippen molar-refractivity contribution in [1.82, 2.24) is 4.57 Å². The third kappa shape index (κ3) is 1.22. The van der Waals surface area contributed by atoms with Crippen LogP contribution in [0.5, 0.6) is 0 Å². The smallest absolute Gasteiger partial charge is 0.0493 e. The molecule has 1 aromatic carbocycles. The van der Waals surface area contributed by atoms with E-state index in [1.54, 1.807) is 0 Å². The van der Waals surface area contributed by atoms with Gasteiger partial charge >= 0.3 is 0 Å². The lowest BCUT2D eigenvalue weighted by Crippen LogP contribution is -2.03. The number of fused-ring (bicyclic) bond motifs is 1. The summed E-state index contributed by atoms with van der Waals surface area (Å²) in [5.74, 6) is 0. The Bertz CT molecular complexity index is 488. The minimum absolute atomic E-state index is 0.520. The van der Waals surface area contributed by atoms with Gasteiger partial charge in [0.1, 0.15) is 0 Å². The first-order valence-corrected chi connectivity index (χ1v) is 5.16. The molecular formula is C10H12BrN3. The summed E-state index contributed by atoms with van der Waals surface area (Å²) < 4.78 is 3.13. The third-order valence-corrected chi connectivity index (χ3v) is 3.35. The second-order valence-corrected chi connectivity index (χ2v) is 4.09. The summed E-state index contributed by atoms with van der Waals surface area (Å²) in [4.78, 5) is 0. The second-order valence-electron chi connectivity index (χ2n) is 3.30. The van der Waals surface area contributed by atoms with Gasteiger partial charge in [-0.2, -0.15) is 0 Å². The molecule has 14 heavy (non-hydrogen) atoms. The van der Waals surface area contributed by atoms with Crippen LogP contribution in [0.15, 0.2) is 22.7 Å². The Morgan fingerprint density at radius 1 is 1.43 bits per heavy atom. The Morgan fingerprint density at radius 2 is 2.14 bits per heavy atom. The minimum Gasteiger partial charge on any atom is -0.399 e. The largest absolute Gasteiger partial charge is 0.399 e. The van der Waals surface area contributed by atoms with Crippen molar-refractivity contribution >= 4 is 32.5 Å². The maximum atomic E-state index is 5.73. The summed E-state index contributed by atoms with van der Waals surface area (Å²) in [7, 11) is 2.01. The molecule has 0 aliphatic heterocycles. The van der Waals surface area contributed by atoms with Crippen molar-refractivity contribution in [1.29, 1.82) is 0 Å². The van der Waals surface area contributed by atoms with Crippen LogP contribution >= 0.6 is 15.9 Å². The van der Waals surface area contributed by atoms with Crippen molar-refractivity contribution < 1.29 is 0 Å². The van der Waals surface area contributed by atoms with Crippen LogP contribution in [-0.2, 0) is 13.6 Å². The summed E-state index contributed by atoms with van der Waals surface area (Å²) in [6, 6.07) is 5.86. The molecular weight excluding hydrogens is 242 g/mol. The number of rotatable bonds is 1. The predicted octanol–water partition coefficient (Wildman–Crippen LogP) is 1.98. The van der Waals surface area contributed by atoms with Gasteiger partial charge < -0.3 is 16.0 Å². The molecule has 0 spiro atoms. The molecule has 3 nitrogen and oxygen atoms in total. The quantitative estimate of drug-likeness (QED) is 0.764. The Balaban J connectivity index is 2.87. The maximum Gasteiger partial charge on any atom is 0.0493 e. The number of anilines is 1. The minimum atomic E-state index is 0.520. The molecule has 4 heteroatoms. The van der Waals surface area contributed by atoms with E-state index in [4.69, 9.17) is 11.5 Å². The highest BCUT2D eigenvalue weighted by Crippen LogP contribution is 2.31. The zero-order chi connectivity index (χ0) is 10.3. The molecule has 74 valence electrons. The van der Waals surface area contributed by atoms with Gasteiger partial charge in [0.2, 0.25) is 0 Å². The predicted molar refractivity (Wildman–Crippen MR) is 62.9 cm³/mol. The van der Waals surface area contributed by atoms with Crippen molar-refractivity contribution in [2.24, 2.45) is 12.8 Å². The summed E-state index contributed by atoms with van der Waals surface area (Å²) in [6.45, 7) is 0.520. The highest BCUT2D eigenvalue weighted by Gasteiger charge is 2.11. The molecule has 0 saturated heterocycles. The van der Waals surface area contributed by atoms with E-state index in [0.29, 0.717) is 6.54 Å². The van der Waals surface area contributed by atoms with E-state index in [2.05, 4.69) is 20.5 Å². The SMILES string of the molecule is Cn1c(CN)c(Br)c2cc(N)ccc21. The zero-order valence-electron chi connectivity index (χ0n) is 7.92. The number of nitrogens with two attached hydrogens (primary N) is 2. The van der Waals surface area contributed by atoms with Crippen LogP contribution < -0.4 is 11.5 Å². The lowest BCUT2D eigenvalue weighted by Gasteiger charge is -2.00. The molecule has 1 aromatic heterocycles. The fourth-order valence-corrected chi connectivity index (χ4v) is 2.44. The number of hydrogen-bond donors (Lipinski definition) is 2. The first kappa shape index (κ1) is 9.55. The van der Waals surface area contributed by atoms with Crippen LogP contribution in [-0.4, -0.2) is 4.57 Å². The molecule has 0 bridgehead atoms. The lowest BCUT2D eigenvalue weighted by molar-refractivity contribution is 0.844. The van der Waals surface area contributed by atoms with Gasteiger partial charge in [0, 0.05) is 40.3 Å². The zero-order valence-corrected chi connectivity index (χ0v) is 9.51. The molecule has 0 aliphatic carbocycles. The molecule has 0 saturated carbocycles. The number of nitrogens with zero attached hydrogens (tertiary/aromatic N) is 1. The summed E-state index contributed by atoms with van der Waals surface area (Å²) in [5, 5.41) is 1.12. The van der Waals surface area contributed by atoms with Crippen LogP contribution in [0.3, 0.4) is 0 Å². The molecule has 0 radical (unpaired) electrons. The topological polar surface area (TPSA) is 57.0 Å². The number of nitrogen functional groups attached to an aromatic ring is 1. The van der Waals surface area contributed by atoms with Gasteiger partial charge in [-0.05, 0) is 34.1 Å². The summed E-state index contributed by atoms with van der Waals surface area (Å²) in [5.41, 5.74) is 14.4. The van der Waals surface area contributed by atoms with Crippen LogP contribution in [0.4, 0.5) is 5.69 Å². The number of aryl methyl sites for hydroxylation is 1. The first-order chi connectivity index (χ1) is 6.65. The van der Waals surface area contributed by atoms with E-state index in [-0.39, 0.29) is 0 Å². The average Bonchev–Trinajstić information content (AvgIpc) is 2.39. The lowest BCUT2D eigenvalue weighted by atomic mass is 10.2. The van der Waals surface area contributed by atoms with Gasteiger partial charge in [0.15, 0.2) is 0 Å². The van der Waals surface area contributed by atoms with Crippen molar-refractivity contribution in [3.8, 4) is 0 Å². The van der Waals surface area contributed by atoms with E-state index >= 15 is 0 Å². The Labute approximate surface area is 90.8 Å². The van der Waals surface area contributed by atoms with Crippen molar-refractivity contribution in [3.05, 3.63) is 28.4 Å². The Morgan fingerprint density at radius 3 is 2.79 bits per heavy atom. The Kier molecular flexibility index (Phi) is 2.25. The normalized spacial score (nSPS) is 11.1. The number of hydrogen-bond acceptors (Lipinski definition) is 2. The van der Waals surface area contributed by atoms with Gasteiger partial charge in [-0.3, -0.25) is 0 Å². The highest BCUT2D eigenvalue weighted by molar-refractivity contribution is 9.10. The molecule has 4 N–H and O–H groups in total. The summed E-state index contributed by atoms with van der Waals surface area (Å²) >= 11 is 3.54. The number of benzene rings is 1. The number of aromatic nitrogens is 1. The maximum absolute atomic E-state index is 5.73. The van der Waals surface area contributed by atoms with E-state index in [1.807, 2.05) is 25.2 Å². The van der Waals surface area contributed by atoms with Gasteiger partial charge in [0.05, 0.1) is 0 Å². The Hall–Kier alpha value is -1.00. The van der Waals surface area contributed by atoms with Crippen LogP contribution in [0, 0.1) is 0 Å². The molecule has 2 aromatic rings. The average molecular weight is 254 g/mol. The van der Waals surface area contributed by atoms with Crippen molar-refractivity contribution in [3.63, 3.8) is 0 Å². The standard InChI is InChI=1S/C10H12BrN3/c1-14-8-3-2-6(13)4-7(8)10(11)9(14)5-12/h2-4H,5,12-13H2,1H3. The van der Waals surface area contributed by atoms with Crippen molar-refractivity contribution in [2.75, 3.05) is 5.73 Å². The van der Waals surface area contributed by atoms with Crippen LogP contribution in [0.25, 0.3) is 10.9 Å². The molecule has 0 unspecified atom stereocenters. The molecule has 0 amide bonds. The van der Waals surface area contributed by atoms with E-state index in [0.717, 1.165) is 26.8 Å². The molecule has 0 fully saturated rings. The molecule has 1 heterocycles.